The number of benzene rings is 2. The Hall–Kier alpha value is -3.34. The zero-order valence-electron chi connectivity index (χ0n) is 15.7. The number of piperidine rings is 1. The number of hydrogen-bond acceptors (Lipinski definition) is 4. The number of nitrogens with zero attached hydrogens (tertiary/aromatic N) is 4. The fourth-order valence-electron chi connectivity index (χ4n) is 3.62. The zero-order chi connectivity index (χ0) is 18.8. The fraction of sp³-hybridized carbons (Fsp3) is 0.217. The van der Waals surface area contributed by atoms with Crippen molar-refractivity contribution in [2.45, 2.75) is 19.3 Å². The molecule has 0 saturated carbocycles. The maximum atomic E-state index is 6.08. The minimum absolute atomic E-state index is 0.760. The van der Waals surface area contributed by atoms with E-state index in [-0.39, 0.29) is 0 Å². The molecular formula is C23H22N4O. The van der Waals surface area contributed by atoms with Gasteiger partial charge in [-0.1, -0.05) is 36.4 Å². The lowest BCUT2D eigenvalue weighted by atomic mass is 10.2. The Balaban J connectivity index is 1.57. The smallest absolute Gasteiger partial charge is 0.156 e. The Bertz CT molecular complexity index is 1070. The molecule has 5 nitrogen and oxygen atoms in total. The highest BCUT2D eigenvalue weighted by molar-refractivity contribution is 5.90. The molecule has 1 fully saturated rings. The van der Waals surface area contributed by atoms with Crippen LogP contribution in [0.4, 0.5) is 0 Å². The molecule has 2 aromatic carbocycles. The first-order chi connectivity index (χ1) is 13.9. The Morgan fingerprint density at radius 2 is 1.71 bits per heavy atom. The van der Waals surface area contributed by atoms with Gasteiger partial charge in [0.15, 0.2) is 5.76 Å². The molecule has 140 valence electrons. The van der Waals surface area contributed by atoms with E-state index in [4.69, 9.17) is 14.6 Å². The van der Waals surface area contributed by atoms with Gasteiger partial charge < -0.3 is 4.42 Å². The average Bonchev–Trinajstić information content (AvgIpc) is 3.38. The highest BCUT2D eigenvalue weighted by Gasteiger charge is 2.16. The summed E-state index contributed by atoms with van der Waals surface area (Å²) in [5.41, 5.74) is 3.64. The minimum Gasteiger partial charge on any atom is -0.454 e. The largest absolute Gasteiger partial charge is 0.454 e. The summed E-state index contributed by atoms with van der Waals surface area (Å²) in [6, 6.07) is 20.2. The highest BCUT2D eigenvalue weighted by Crippen LogP contribution is 2.29. The summed E-state index contributed by atoms with van der Waals surface area (Å²) in [6.07, 6.45) is 7.64. The van der Waals surface area contributed by atoms with Gasteiger partial charge in [-0.05, 0) is 43.5 Å². The zero-order valence-corrected chi connectivity index (χ0v) is 15.7. The van der Waals surface area contributed by atoms with Gasteiger partial charge in [-0.15, -0.1) is 0 Å². The number of para-hydroxylation sites is 2. The normalized spacial score (nSPS) is 14.9. The van der Waals surface area contributed by atoms with E-state index in [1.54, 1.807) is 0 Å². The second-order valence-electron chi connectivity index (χ2n) is 7.12. The van der Waals surface area contributed by atoms with Gasteiger partial charge in [-0.3, -0.25) is 5.01 Å². The first-order valence-electron chi connectivity index (χ1n) is 9.80. The van der Waals surface area contributed by atoms with Gasteiger partial charge >= 0.3 is 0 Å². The molecule has 0 aliphatic carbocycles. The summed E-state index contributed by atoms with van der Waals surface area (Å²) < 4.78 is 7.97. The Morgan fingerprint density at radius 3 is 2.54 bits per heavy atom. The van der Waals surface area contributed by atoms with Gasteiger partial charge in [-0.2, -0.15) is 10.2 Å². The van der Waals surface area contributed by atoms with Gasteiger partial charge in [0.05, 0.1) is 11.9 Å². The molecule has 1 aliphatic rings. The summed E-state index contributed by atoms with van der Waals surface area (Å²) in [5.74, 6) is 0.760. The average molecular weight is 370 g/mol. The van der Waals surface area contributed by atoms with Crippen LogP contribution in [0.25, 0.3) is 28.1 Å². The predicted molar refractivity (Wildman–Crippen MR) is 112 cm³/mol. The molecule has 0 amide bonds. The molecule has 1 aliphatic heterocycles. The van der Waals surface area contributed by atoms with Crippen LogP contribution in [0.1, 0.15) is 24.8 Å². The lowest BCUT2D eigenvalue weighted by Gasteiger charge is -2.23. The van der Waals surface area contributed by atoms with Crippen LogP contribution in [-0.4, -0.2) is 34.1 Å². The first kappa shape index (κ1) is 16.8. The molecule has 0 spiro atoms. The lowest BCUT2D eigenvalue weighted by molar-refractivity contribution is 0.240. The molecule has 3 heterocycles. The van der Waals surface area contributed by atoms with Crippen LogP contribution in [0, 0.1) is 0 Å². The number of aromatic nitrogens is 2. The third-order valence-electron chi connectivity index (χ3n) is 5.11. The van der Waals surface area contributed by atoms with Crippen molar-refractivity contribution in [2.75, 3.05) is 13.1 Å². The summed E-state index contributed by atoms with van der Waals surface area (Å²) in [7, 11) is 0. The molecule has 0 N–H and O–H groups in total. The maximum absolute atomic E-state index is 6.08. The number of fused-ring (bicyclic) bond motifs is 1. The van der Waals surface area contributed by atoms with Crippen LogP contribution in [-0.2, 0) is 0 Å². The number of hydrazone groups is 1. The van der Waals surface area contributed by atoms with Crippen LogP contribution < -0.4 is 0 Å². The first-order valence-corrected chi connectivity index (χ1v) is 9.80. The topological polar surface area (TPSA) is 46.6 Å². The standard InChI is InChI=1S/C23H22N4O/c1-3-10-20(11-4-1)27-17-19(16-24-26-13-7-2-8-14-26)23(25-27)22-15-18-9-5-6-12-21(18)28-22/h1,3-6,9-12,15-17H,2,7-8,13-14H2/b24-16-. The SMILES string of the molecule is C(=N/N1CCCCC1)/c1cn(-c2ccccc2)nc1-c1cc2ccccc2o1. The molecule has 2 aromatic heterocycles. The van der Waals surface area contributed by atoms with Crippen LogP contribution in [0.15, 0.2) is 76.4 Å². The van der Waals surface area contributed by atoms with Crippen LogP contribution in [0.3, 0.4) is 0 Å². The molecule has 5 heteroatoms. The molecule has 0 unspecified atom stereocenters. The third-order valence-corrected chi connectivity index (χ3v) is 5.11. The maximum Gasteiger partial charge on any atom is 0.156 e. The molecule has 1 saturated heterocycles. The highest BCUT2D eigenvalue weighted by atomic mass is 16.3. The minimum atomic E-state index is 0.760. The Kier molecular flexibility index (Phi) is 4.41. The summed E-state index contributed by atoms with van der Waals surface area (Å²) in [6.45, 7) is 2.03. The van der Waals surface area contributed by atoms with E-state index in [2.05, 4.69) is 11.1 Å². The van der Waals surface area contributed by atoms with Crippen molar-refractivity contribution in [2.24, 2.45) is 5.10 Å². The molecule has 0 radical (unpaired) electrons. The summed E-state index contributed by atoms with van der Waals surface area (Å²) in [4.78, 5) is 0. The summed E-state index contributed by atoms with van der Waals surface area (Å²) >= 11 is 0. The third kappa shape index (κ3) is 3.31. The van der Waals surface area contributed by atoms with E-state index >= 15 is 0 Å². The Labute approximate surface area is 163 Å². The van der Waals surface area contributed by atoms with Crippen LogP contribution in [0.5, 0.6) is 0 Å². The van der Waals surface area contributed by atoms with E-state index in [9.17, 15) is 0 Å². The molecule has 0 bridgehead atoms. The van der Waals surface area contributed by atoms with E-state index in [1.165, 1.54) is 19.3 Å². The number of rotatable bonds is 4. The van der Waals surface area contributed by atoms with Crippen molar-refractivity contribution in [1.29, 1.82) is 0 Å². The quantitative estimate of drug-likeness (QED) is 0.469. The van der Waals surface area contributed by atoms with Gasteiger partial charge in [0.1, 0.15) is 11.3 Å². The van der Waals surface area contributed by atoms with Crippen LogP contribution >= 0.6 is 0 Å². The predicted octanol–water partition coefficient (Wildman–Crippen LogP) is 5.11. The van der Waals surface area contributed by atoms with Crippen molar-refractivity contribution in [1.82, 2.24) is 14.8 Å². The van der Waals surface area contributed by atoms with Gasteiger partial charge in [0, 0.05) is 30.2 Å². The summed E-state index contributed by atoms with van der Waals surface area (Å²) in [5, 5.41) is 12.8. The van der Waals surface area contributed by atoms with Gasteiger partial charge in [-0.25, -0.2) is 4.68 Å². The molecule has 4 aromatic rings. The van der Waals surface area contributed by atoms with E-state index in [0.717, 1.165) is 46.8 Å². The van der Waals surface area contributed by atoms with Gasteiger partial charge in [0.25, 0.3) is 0 Å². The van der Waals surface area contributed by atoms with Crippen LogP contribution in [0.2, 0.25) is 0 Å². The molecular weight excluding hydrogens is 348 g/mol. The van der Waals surface area contributed by atoms with E-state index in [0.29, 0.717) is 0 Å². The monoisotopic (exact) mass is 370 g/mol. The van der Waals surface area contributed by atoms with Crippen molar-refractivity contribution in [3.8, 4) is 17.1 Å². The lowest BCUT2D eigenvalue weighted by Crippen LogP contribution is -2.24. The van der Waals surface area contributed by atoms with Crippen molar-refractivity contribution in [3.63, 3.8) is 0 Å². The van der Waals surface area contributed by atoms with E-state index in [1.807, 2.05) is 71.7 Å². The van der Waals surface area contributed by atoms with Crippen molar-refractivity contribution >= 4 is 17.2 Å². The molecule has 0 atom stereocenters. The number of furan rings is 1. The van der Waals surface area contributed by atoms with Crippen molar-refractivity contribution in [3.05, 3.63) is 72.4 Å². The molecule has 28 heavy (non-hydrogen) atoms. The number of hydrogen-bond donors (Lipinski definition) is 0. The second-order valence-corrected chi connectivity index (χ2v) is 7.12. The second kappa shape index (κ2) is 7.35. The molecule has 5 rings (SSSR count). The van der Waals surface area contributed by atoms with E-state index < -0.39 is 0 Å². The Morgan fingerprint density at radius 1 is 0.929 bits per heavy atom. The van der Waals surface area contributed by atoms with Gasteiger partial charge in [0.2, 0.25) is 0 Å². The van der Waals surface area contributed by atoms with Crippen molar-refractivity contribution < 1.29 is 4.42 Å². The fourth-order valence-corrected chi connectivity index (χ4v) is 3.62.